The number of hydrogen-bond donors (Lipinski definition) is 1. The van der Waals surface area contributed by atoms with Crippen LogP contribution in [0, 0.1) is 0 Å². The lowest BCUT2D eigenvalue weighted by Gasteiger charge is -2.45. The zero-order valence-electron chi connectivity index (χ0n) is 13.4. The Bertz CT molecular complexity index is 716. The molecule has 128 valence electrons. The predicted octanol–water partition coefficient (Wildman–Crippen LogP) is -0.168. The summed E-state index contributed by atoms with van der Waals surface area (Å²) in [7, 11) is 1.59. The van der Waals surface area contributed by atoms with E-state index in [0.29, 0.717) is 23.7 Å². The van der Waals surface area contributed by atoms with Gasteiger partial charge in [-0.2, -0.15) is 0 Å². The van der Waals surface area contributed by atoms with Crippen LogP contribution in [0.2, 0.25) is 0 Å². The number of fused-ring (bicyclic) bond motifs is 1. The number of anilines is 1. The van der Waals surface area contributed by atoms with Crippen molar-refractivity contribution >= 4 is 40.7 Å². The zero-order chi connectivity index (χ0) is 17.4. The van der Waals surface area contributed by atoms with Gasteiger partial charge in [0.25, 0.3) is 5.91 Å². The summed E-state index contributed by atoms with van der Waals surface area (Å²) >= 11 is 1.24. The Morgan fingerprint density at radius 3 is 2.75 bits per heavy atom. The third-order valence-corrected chi connectivity index (χ3v) is 5.09. The molecule has 2 saturated heterocycles. The van der Waals surface area contributed by atoms with Gasteiger partial charge in [0.2, 0.25) is 17.7 Å². The number of nitrogens with zero attached hydrogens (tertiary/aromatic N) is 3. The maximum atomic E-state index is 12.8. The van der Waals surface area contributed by atoms with E-state index in [1.807, 2.05) is 0 Å². The van der Waals surface area contributed by atoms with Crippen LogP contribution in [0.4, 0.5) is 5.69 Å². The number of piperazine rings is 2. The molecular formula is C15H18N4O4S. The maximum absolute atomic E-state index is 12.8. The second-order valence-electron chi connectivity index (χ2n) is 5.89. The molecule has 0 aliphatic carbocycles. The summed E-state index contributed by atoms with van der Waals surface area (Å²) in [6.45, 7) is 2.35. The Kier molecular flexibility index (Phi) is 4.27. The summed E-state index contributed by atoms with van der Waals surface area (Å²) in [6, 6.07) is 1.05. The van der Waals surface area contributed by atoms with Gasteiger partial charge < -0.3 is 20.0 Å². The van der Waals surface area contributed by atoms with Crippen LogP contribution in [0.5, 0.6) is 0 Å². The van der Waals surface area contributed by atoms with E-state index in [-0.39, 0.29) is 36.7 Å². The molecular weight excluding hydrogens is 332 g/mol. The minimum Gasteiger partial charge on any atom is -0.335 e. The summed E-state index contributed by atoms with van der Waals surface area (Å²) in [4.78, 5) is 53.3. The van der Waals surface area contributed by atoms with Crippen molar-refractivity contribution in [3.63, 3.8) is 0 Å². The molecule has 1 atom stereocenters. The first kappa shape index (κ1) is 16.4. The molecule has 2 fully saturated rings. The summed E-state index contributed by atoms with van der Waals surface area (Å²) < 4.78 is 0. The van der Waals surface area contributed by atoms with Crippen molar-refractivity contribution in [3.8, 4) is 0 Å². The Hall–Kier alpha value is -2.42. The number of carbonyl (C=O) groups is 4. The molecule has 2 aliphatic heterocycles. The average molecular weight is 350 g/mol. The first-order chi connectivity index (χ1) is 11.4. The van der Waals surface area contributed by atoms with Crippen LogP contribution >= 0.6 is 11.3 Å². The highest BCUT2D eigenvalue weighted by Gasteiger charge is 2.42. The smallest absolute Gasteiger partial charge is 0.266 e. The largest absolute Gasteiger partial charge is 0.335 e. The van der Waals surface area contributed by atoms with Crippen LogP contribution in [0.15, 0.2) is 11.4 Å². The predicted molar refractivity (Wildman–Crippen MR) is 87.7 cm³/mol. The van der Waals surface area contributed by atoms with Gasteiger partial charge in [-0.05, 0) is 11.4 Å². The highest BCUT2D eigenvalue weighted by molar-refractivity contribution is 7.12. The Labute approximate surface area is 143 Å². The molecule has 0 spiro atoms. The van der Waals surface area contributed by atoms with E-state index in [0.717, 1.165) is 0 Å². The number of carbonyl (C=O) groups excluding carboxylic acids is 4. The van der Waals surface area contributed by atoms with Crippen molar-refractivity contribution in [2.45, 2.75) is 13.0 Å². The summed E-state index contributed by atoms with van der Waals surface area (Å²) in [6.07, 6.45) is 0. The van der Waals surface area contributed by atoms with Gasteiger partial charge in [-0.1, -0.05) is 0 Å². The standard InChI is InChI=1S/C15H18N4O4S/c1-9(20)16-10-3-6-24-13(10)15(23)18-4-5-19-11(7-18)14(22)17(2)8-12(19)21/h3,6,11H,4-5,7-8H2,1-2H3,(H,16,20)/t11-/m0/s1. The minimum absolute atomic E-state index is 0.0842. The molecule has 0 saturated carbocycles. The monoisotopic (exact) mass is 350 g/mol. The van der Waals surface area contributed by atoms with E-state index in [2.05, 4.69) is 5.32 Å². The summed E-state index contributed by atoms with van der Waals surface area (Å²) in [5.41, 5.74) is 0.475. The van der Waals surface area contributed by atoms with Gasteiger partial charge in [-0.15, -0.1) is 11.3 Å². The van der Waals surface area contributed by atoms with Gasteiger partial charge in [-0.3, -0.25) is 19.2 Å². The van der Waals surface area contributed by atoms with Crippen LogP contribution in [-0.2, 0) is 14.4 Å². The SMILES string of the molecule is CC(=O)Nc1ccsc1C(=O)N1CCN2C(=O)CN(C)C(=O)[C@@H]2C1. The van der Waals surface area contributed by atoms with Crippen molar-refractivity contribution in [1.82, 2.24) is 14.7 Å². The van der Waals surface area contributed by atoms with E-state index in [1.54, 1.807) is 28.3 Å². The van der Waals surface area contributed by atoms with E-state index >= 15 is 0 Å². The van der Waals surface area contributed by atoms with E-state index in [9.17, 15) is 19.2 Å². The van der Waals surface area contributed by atoms with Crippen LogP contribution in [0.1, 0.15) is 16.6 Å². The minimum atomic E-state index is -0.627. The quantitative estimate of drug-likeness (QED) is 0.802. The Morgan fingerprint density at radius 1 is 1.29 bits per heavy atom. The number of hydrogen-bond acceptors (Lipinski definition) is 5. The molecule has 24 heavy (non-hydrogen) atoms. The Morgan fingerprint density at radius 2 is 2.04 bits per heavy atom. The van der Waals surface area contributed by atoms with Crippen LogP contribution in [0.3, 0.4) is 0 Å². The fourth-order valence-electron chi connectivity index (χ4n) is 3.01. The molecule has 4 amide bonds. The zero-order valence-corrected chi connectivity index (χ0v) is 14.3. The van der Waals surface area contributed by atoms with E-state index < -0.39 is 6.04 Å². The molecule has 0 unspecified atom stereocenters. The third kappa shape index (κ3) is 2.86. The molecule has 9 heteroatoms. The van der Waals surface area contributed by atoms with E-state index in [1.165, 1.54) is 23.2 Å². The van der Waals surface area contributed by atoms with Gasteiger partial charge in [0.15, 0.2) is 0 Å². The van der Waals surface area contributed by atoms with Crippen molar-refractivity contribution in [1.29, 1.82) is 0 Å². The highest BCUT2D eigenvalue weighted by Crippen LogP contribution is 2.26. The maximum Gasteiger partial charge on any atom is 0.266 e. The fraction of sp³-hybridized carbons (Fsp3) is 0.467. The number of rotatable bonds is 2. The molecule has 8 nitrogen and oxygen atoms in total. The van der Waals surface area contributed by atoms with Crippen molar-refractivity contribution in [2.24, 2.45) is 0 Å². The molecule has 2 aliphatic rings. The second-order valence-corrected chi connectivity index (χ2v) is 6.81. The first-order valence-electron chi connectivity index (χ1n) is 7.57. The van der Waals surface area contributed by atoms with Gasteiger partial charge in [0.1, 0.15) is 10.9 Å². The lowest BCUT2D eigenvalue weighted by atomic mass is 10.1. The van der Waals surface area contributed by atoms with Crippen LogP contribution in [-0.4, -0.2) is 77.6 Å². The number of thiophene rings is 1. The highest BCUT2D eigenvalue weighted by atomic mass is 32.1. The number of likely N-dealkylation sites (N-methyl/N-ethyl adjacent to an activating group) is 1. The third-order valence-electron chi connectivity index (χ3n) is 4.19. The molecule has 0 bridgehead atoms. The summed E-state index contributed by atoms with van der Waals surface area (Å²) in [5.74, 6) is -0.728. The van der Waals surface area contributed by atoms with Gasteiger partial charge in [0.05, 0.1) is 18.8 Å². The van der Waals surface area contributed by atoms with Crippen molar-refractivity contribution in [3.05, 3.63) is 16.3 Å². The topological polar surface area (TPSA) is 90.0 Å². The van der Waals surface area contributed by atoms with Crippen molar-refractivity contribution in [2.75, 3.05) is 38.5 Å². The normalized spacial score (nSPS) is 20.9. The lowest BCUT2D eigenvalue weighted by molar-refractivity contribution is -0.157. The molecule has 0 aromatic carbocycles. The van der Waals surface area contributed by atoms with Crippen molar-refractivity contribution < 1.29 is 19.2 Å². The summed E-state index contributed by atoms with van der Waals surface area (Å²) in [5, 5.41) is 4.37. The van der Waals surface area contributed by atoms with Crippen LogP contribution in [0.25, 0.3) is 0 Å². The van der Waals surface area contributed by atoms with Gasteiger partial charge in [0, 0.05) is 27.1 Å². The van der Waals surface area contributed by atoms with Gasteiger partial charge in [-0.25, -0.2) is 0 Å². The number of amides is 4. The second kappa shape index (κ2) is 6.23. The molecule has 1 aromatic heterocycles. The van der Waals surface area contributed by atoms with Crippen LogP contribution < -0.4 is 5.32 Å². The Balaban J connectivity index is 1.78. The number of nitrogens with one attached hydrogen (secondary N) is 1. The molecule has 1 N–H and O–H groups in total. The van der Waals surface area contributed by atoms with E-state index in [4.69, 9.17) is 0 Å². The molecule has 1 aromatic rings. The fourth-order valence-corrected chi connectivity index (χ4v) is 3.83. The average Bonchev–Trinajstić information content (AvgIpc) is 2.98. The first-order valence-corrected chi connectivity index (χ1v) is 8.45. The molecule has 3 heterocycles. The lowest BCUT2D eigenvalue weighted by Crippen LogP contribution is -2.66. The van der Waals surface area contributed by atoms with Gasteiger partial charge >= 0.3 is 0 Å². The molecule has 0 radical (unpaired) electrons. The molecule has 3 rings (SSSR count).